The van der Waals surface area contributed by atoms with Gasteiger partial charge in [-0.3, -0.25) is 14.4 Å². The summed E-state index contributed by atoms with van der Waals surface area (Å²) in [5, 5.41) is 13.2. The van der Waals surface area contributed by atoms with Crippen molar-refractivity contribution in [1.29, 1.82) is 0 Å². The van der Waals surface area contributed by atoms with Gasteiger partial charge in [-0.1, -0.05) is 17.7 Å². The molecule has 140 valence electrons. The number of aromatic nitrogens is 1. The molecule has 5 N–H and O–H groups in total. The molecule has 0 unspecified atom stereocenters. The minimum absolute atomic E-state index is 0.00356. The fraction of sp³-hybridized carbons (Fsp3) is 0.118. The minimum Gasteiger partial charge on any atom is -0.506 e. The molecular weight excluding hydrogens is 410 g/mol. The molecule has 0 saturated carbocycles. The highest BCUT2D eigenvalue weighted by Crippen LogP contribution is 2.40. The maximum atomic E-state index is 12.2. The number of aromatic hydroxyl groups is 1. The van der Waals surface area contributed by atoms with Crippen molar-refractivity contribution in [3.63, 3.8) is 0 Å². The lowest BCUT2D eigenvalue weighted by Crippen LogP contribution is -2.15. The molecule has 0 spiro atoms. The Bertz CT molecular complexity index is 1120. The Labute approximate surface area is 166 Å². The Hall–Kier alpha value is -2.49. The summed E-state index contributed by atoms with van der Waals surface area (Å²) in [6, 6.07) is 6.20. The summed E-state index contributed by atoms with van der Waals surface area (Å²) in [6.07, 6.45) is 0. The Morgan fingerprint density at radius 3 is 2.78 bits per heavy atom. The number of primary amides is 1. The molecule has 0 fully saturated rings. The number of aromatic amines is 1. The zero-order valence-electron chi connectivity index (χ0n) is 14.0. The third-order valence-electron chi connectivity index (χ3n) is 3.66. The number of nitrogens with one attached hydrogen (secondary N) is 2. The van der Waals surface area contributed by atoms with Crippen LogP contribution in [0.25, 0.3) is 10.2 Å². The van der Waals surface area contributed by atoms with Gasteiger partial charge in [-0.25, -0.2) is 0 Å². The molecule has 0 radical (unpaired) electrons. The monoisotopic (exact) mass is 423 g/mol. The number of rotatable bonds is 5. The van der Waals surface area contributed by atoms with Gasteiger partial charge in [0.15, 0.2) is 0 Å². The molecule has 10 heteroatoms. The maximum Gasteiger partial charge on any atom is 0.252 e. The van der Waals surface area contributed by atoms with Gasteiger partial charge in [0.1, 0.15) is 5.75 Å². The van der Waals surface area contributed by atoms with E-state index in [9.17, 15) is 19.5 Å². The first-order valence-corrected chi connectivity index (χ1v) is 9.81. The van der Waals surface area contributed by atoms with E-state index in [4.69, 9.17) is 17.3 Å². The molecule has 7 nitrogen and oxygen atoms in total. The molecule has 0 bridgehead atoms. The van der Waals surface area contributed by atoms with Crippen LogP contribution in [0.4, 0.5) is 5.69 Å². The summed E-state index contributed by atoms with van der Waals surface area (Å²) in [5.41, 5.74) is 6.58. The van der Waals surface area contributed by atoms with Crippen molar-refractivity contribution >= 4 is 62.4 Å². The lowest BCUT2D eigenvalue weighted by molar-refractivity contribution is -0.113. The van der Waals surface area contributed by atoms with Crippen LogP contribution >= 0.6 is 34.7 Å². The van der Waals surface area contributed by atoms with E-state index in [-0.39, 0.29) is 28.5 Å². The van der Waals surface area contributed by atoms with E-state index in [1.807, 2.05) is 6.92 Å². The average molecular weight is 424 g/mol. The van der Waals surface area contributed by atoms with Crippen LogP contribution in [-0.4, -0.2) is 27.7 Å². The number of carbonyl (C=O) groups excluding carboxylic acids is 2. The molecule has 0 aliphatic rings. The Morgan fingerprint density at radius 1 is 1.37 bits per heavy atom. The van der Waals surface area contributed by atoms with Gasteiger partial charge >= 0.3 is 0 Å². The number of carbonyl (C=O) groups is 2. The van der Waals surface area contributed by atoms with E-state index in [0.29, 0.717) is 19.6 Å². The maximum absolute atomic E-state index is 12.2. The molecule has 2 amide bonds. The summed E-state index contributed by atoms with van der Waals surface area (Å²) >= 11 is 8.21. The summed E-state index contributed by atoms with van der Waals surface area (Å²) in [4.78, 5) is 38.1. The number of benzene rings is 1. The summed E-state index contributed by atoms with van der Waals surface area (Å²) < 4.78 is 0.767. The number of hydrogen-bond acceptors (Lipinski definition) is 6. The molecule has 1 aromatic carbocycles. The lowest BCUT2D eigenvalue weighted by atomic mass is 10.2. The molecule has 2 aromatic heterocycles. The van der Waals surface area contributed by atoms with Crippen LogP contribution in [0, 0.1) is 6.92 Å². The first kappa shape index (κ1) is 19.3. The number of H-pyrrole nitrogens is 1. The second-order valence-corrected chi connectivity index (χ2v) is 8.32. The van der Waals surface area contributed by atoms with Crippen LogP contribution in [0.15, 0.2) is 33.3 Å². The second-order valence-electron chi connectivity index (χ2n) is 5.65. The highest BCUT2D eigenvalue weighted by atomic mass is 35.5. The van der Waals surface area contributed by atoms with Crippen LogP contribution in [0.2, 0.25) is 5.02 Å². The van der Waals surface area contributed by atoms with Crippen LogP contribution in [0.3, 0.4) is 0 Å². The fourth-order valence-corrected chi connectivity index (χ4v) is 4.82. The summed E-state index contributed by atoms with van der Waals surface area (Å²) in [6.45, 7) is 1.86. The van der Waals surface area contributed by atoms with E-state index in [1.54, 1.807) is 18.2 Å². The number of nitrogens with two attached hydrogens (primary N) is 1. The molecule has 0 atom stereocenters. The van der Waals surface area contributed by atoms with Gasteiger partial charge in [-0.2, -0.15) is 0 Å². The molecule has 3 aromatic rings. The lowest BCUT2D eigenvalue weighted by Gasteiger charge is -2.06. The van der Waals surface area contributed by atoms with E-state index in [1.165, 1.54) is 0 Å². The molecule has 2 heterocycles. The topological polar surface area (TPSA) is 125 Å². The van der Waals surface area contributed by atoms with Crippen LogP contribution < -0.4 is 16.6 Å². The third-order valence-corrected chi connectivity index (χ3v) is 6.55. The Balaban J connectivity index is 1.82. The third kappa shape index (κ3) is 4.10. The van der Waals surface area contributed by atoms with Gasteiger partial charge in [-0.05, 0) is 24.6 Å². The van der Waals surface area contributed by atoms with E-state index in [2.05, 4.69) is 10.3 Å². The van der Waals surface area contributed by atoms with Crippen molar-refractivity contribution in [2.24, 2.45) is 5.73 Å². The van der Waals surface area contributed by atoms with Gasteiger partial charge in [0, 0.05) is 16.8 Å². The molecule has 3 rings (SSSR count). The number of hydrogen-bond donors (Lipinski definition) is 4. The number of thiophene rings is 1. The fourth-order valence-electron chi connectivity index (χ4n) is 2.38. The normalized spacial score (nSPS) is 10.9. The molecule has 0 saturated heterocycles. The number of amides is 2. The standard InChI is InChI=1S/C17H14ClN3O4S2/c1-7-2-3-8(4-9(7)18)20-12(24)6-26-17-13(16(19)25)14-15(27-17)10(22)5-11(23)21-14/h2-5H,6H2,1H3,(H2,19,25)(H,20,24)(H2,21,22,23). The smallest absolute Gasteiger partial charge is 0.252 e. The van der Waals surface area contributed by atoms with Gasteiger partial charge in [0.25, 0.3) is 11.5 Å². The van der Waals surface area contributed by atoms with E-state index >= 15 is 0 Å². The molecule has 0 aliphatic heterocycles. The zero-order chi connectivity index (χ0) is 19.7. The number of halogens is 1. The number of aryl methyl sites for hydroxylation is 1. The molecule has 27 heavy (non-hydrogen) atoms. The zero-order valence-corrected chi connectivity index (χ0v) is 16.3. The Morgan fingerprint density at radius 2 is 2.11 bits per heavy atom. The quantitative estimate of drug-likeness (QED) is 0.469. The van der Waals surface area contributed by atoms with Crippen molar-refractivity contribution in [2.75, 3.05) is 11.1 Å². The SMILES string of the molecule is Cc1ccc(NC(=O)CSc2sc3c(O)cc(=O)[nH]c3c2C(N)=O)cc1Cl. The van der Waals surface area contributed by atoms with Crippen molar-refractivity contribution in [2.45, 2.75) is 11.1 Å². The predicted octanol–water partition coefficient (Wildman–Crippen LogP) is 3.09. The van der Waals surface area contributed by atoms with Crippen LogP contribution in [-0.2, 0) is 4.79 Å². The van der Waals surface area contributed by atoms with Crippen molar-refractivity contribution in [1.82, 2.24) is 4.98 Å². The van der Waals surface area contributed by atoms with E-state index in [0.717, 1.165) is 34.7 Å². The van der Waals surface area contributed by atoms with Gasteiger partial charge in [0.2, 0.25) is 5.91 Å². The average Bonchev–Trinajstić information content (AvgIpc) is 2.95. The van der Waals surface area contributed by atoms with Gasteiger partial charge in [0.05, 0.1) is 25.7 Å². The van der Waals surface area contributed by atoms with Crippen LogP contribution in [0.5, 0.6) is 5.75 Å². The van der Waals surface area contributed by atoms with Gasteiger partial charge in [-0.15, -0.1) is 23.1 Å². The summed E-state index contributed by atoms with van der Waals surface area (Å²) in [5.74, 6) is -1.29. The number of fused-ring (bicyclic) bond motifs is 1. The van der Waals surface area contributed by atoms with Crippen molar-refractivity contribution < 1.29 is 14.7 Å². The molecular formula is C17H14ClN3O4S2. The summed E-state index contributed by atoms with van der Waals surface area (Å²) in [7, 11) is 0. The predicted molar refractivity (Wildman–Crippen MR) is 108 cm³/mol. The van der Waals surface area contributed by atoms with Crippen LogP contribution in [0.1, 0.15) is 15.9 Å². The highest BCUT2D eigenvalue weighted by molar-refractivity contribution is 8.02. The Kier molecular flexibility index (Phi) is 5.45. The van der Waals surface area contributed by atoms with Crippen molar-refractivity contribution in [3.8, 4) is 5.75 Å². The second kappa shape index (κ2) is 7.63. The number of anilines is 1. The highest BCUT2D eigenvalue weighted by Gasteiger charge is 2.21. The molecule has 0 aliphatic carbocycles. The first-order valence-electron chi connectivity index (χ1n) is 7.63. The number of thioether (sulfide) groups is 1. The minimum atomic E-state index is -0.754. The van der Waals surface area contributed by atoms with E-state index < -0.39 is 11.5 Å². The first-order chi connectivity index (χ1) is 12.8. The van der Waals surface area contributed by atoms with Crippen molar-refractivity contribution in [3.05, 3.63) is 50.8 Å². The largest absolute Gasteiger partial charge is 0.506 e. The number of pyridine rings is 1. The van der Waals surface area contributed by atoms with Gasteiger partial charge < -0.3 is 21.1 Å².